The summed E-state index contributed by atoms with van der Waals surface area (Å²) in [6.07, 6.45) is -2.99. The highest BCUT2D eigenvalue weighted by Gasteiger charge is 2.34. The van der Waals surface area contributed by atoms with E-state index in [4.69, 9.17) is 5.73 Å². The van der Waals surface area contributed by atoms with Gasteiger partial charge in [0.2, 0.25) is 0 Å². The van der Waals surface area contributed by atoms with Gasteiger partial charge in [0.05, 0.1) is 0 Å². The third kappa shape index (κ3) is 2.57. The zero-order chi connectivity index (χ0) is 11.6. The van der Waals surface area contributed by atoms with Crippen LogP contribution in [0.5, 0.6) is 0 Å². The molecular formula is C9H12F3N3. The fourth-order valence-electron chi connectivity index (χ4n) is 1.05. The fourth-order valence-corrected chi connectivity index (χ4v) is 1.05. The Labute approximate surface area is 85.5 Å². The number of hydrogen-bond donors (Lipinski definition) is 1. The molecule has 0 aliphatic heterocycles. The summed E-state index contributed by atoms with van der Waals surface area (Å²) in [7, 11) is 0. The lowest BCUT2D eigenvalue weighted by Crippen LogP contribution is -2.13. The molecule has 0 spiro atoms. The molecule has 1 atom stereocenters. The SMILES string of the molecule is CCC(C)c1ncc(C(F)(F)F)c(N)n1. The first-order chi connectivity index (χ1) is 6.86. The first-order valence-corrected chi connectivity index (χ1v) is 4.55. The number of nitrogens with two attached hydrogens (primary N) is 1. The van der Waals surface area contributed by atoms with Gasteiger partial charge in [0, 0.05) is 12.1 Å². The van der Waals surface area contributed by atoms with Crippen LogP contribution in [0.4, 0.5) is 19.0 Å². The Hall–Kier alpha value is -1.33. The van der Waals surface area contributed by atoms with Gasteiger partial charge in [-0.1, -0.05) is 13.8 Å². The molecule has 84 valence electrons. The maximum atomic E-state index is 12.3. The predicted molar refractivity (Wildman–Crippen MR) is 50.2 cm³/mol. The highest BCUT2D eigenvalue weighted by atomic mass is 19.4. The summed E-state index contributed by atoms with van der Waals surface area (Å²) in [6.45, 7) is 3.74. The van der Waals surface area contributed by atoms with Crippen LogP contribution in [-0.2, 0) is 6.18 Å². The number of hydrogen-bond acceptors (Lipinski definition) is 3. The lowest BCUT2D eigenvalue weighted by molar-refractivity contribution is -0.137. The predicted octanol–water partition coefficient (Wildman–Crippen LogP) is 2.59. The third-order valence-corrected chi connectivity index (χ3v) is 2.20. The minimum absolute atomic E-state index is 0.00887. The van der Waals surface area contributed by atoms with Crippen LogP contribution in [0.1, 0.15) is 37.6 Å². The Balaban J connectivity index is 3.09. The molecule has 1 aromatic rings. The molecule has 0 saturated heterocycles. The van der Waals surface area contributed by atoms with Gasteiger partial charge in [0.25, 0.3) is 0 Å². The molecule has 0 amide bonds. The summed E-state index contributed by atoms with van der Waals surface area (Å²) in [5, 5.41) is 0. The van der Waals surface area contributed by atoms with Crippen molar-refractivity contribution in [3.8, 4) is 0 Å². The van der Waals surface area contributed by atoms with Crippen LogP contribution >= 0.6 is 0 Å². The van der Waals surface area contributed by atoms with Crippen molar-refractivity contribution in [2.24, 2.45) is 0 Å². The van der Waals surface area contributed by atoms with Crippen molar-refractivity contribution in [3.63, 3.8) is 0 Å². The van der Waals surface area contributed by atoms with E-state index in [0.717, 1.165) is 12.6 Å². The second-order valence-electron chi connectivity index (χ2n) is 3.33. The molecule has 0 aromatic carbocycles. The summed E-state index contributed by atoms with van der Waals surface area (Å²) < 4.78 is 36.9. The van der Waals surface area contributed by atoms with Gasteiger partial charge in [-0.25, -0.2) is 9.97 Å². The molecule has 1 rings (SSSR count). The number of aromatic nitrogens is 2. The first-order valence-electron chi connectivity index (χ1n) is 4.55. The largest absolute Gasteiger partial charge is 0.421 e. The average Bonchev–Trinajstić information content (AvgIpc) is 2.14. The quantitative estimate of drug-likeness (QED) is 0.831. The molecule has 3 nitrogen and oxygen atoms in total. The minimum Gasteiger partial charge on any atom is -0.383 e. The highest BCUT2D eigenvalue weighted by Crippen LogP contribution is 2.32. The summed E-state index contributed by atoms with van der Waals surface area (Å²) in [5.74, 6) is -0.148. The van der Waals surface area contributed by atoms with E-state index in [9.17, 15) is 13.2 Å². The molecule has 0 aliphatic rings. The topological polar surface area (TPSA) is 51.8 Å². The summed E-state index contributed by atoms with van der Waals surface area (Å²) >= 11 is 0. The number of alkyl halides is 3. The Morgan fingerprint density at radius 2 is 2.07 bits per heavy atom. The van der Waals surface area contributed by atoms with Crippen molar-refractivity contribution in [2.75, 3.05) is 5.73 Å². The average molecular weight is 219 g/mol. The summed E-state index contributed by atoms with van der Waals surface area (Å²) in [5.41, 5.74) is 4.25. The number of rotatable bonds is 2. The van der Waals surface area contributed by atoms with Gasteiger partial charge in [-0.3, -0.25) is 0 Å². The molecule has 1 unspecified atom stereocenters. The molecule has 0 aliphatic carbocycles. The Morgan fingerprint density at radius 1 is 1.47 bits per heavy atom. The number of nitrogens with zero attached hydrogens (tertiary/aromatic N) is 2. The van der Waals surface area contributed by atoms with Gasteiger partial charge in [-0.05, 0) is 6.42 Å². The van der Waals surface area contributed by atoms with Gasteiger partial charge < -0.3 is 5.73 Å². The fraction of sp³-hybridized carbons (Fsp3) is 0.556. The second kappa shape index (κ2) is 4.04. The van der Waals surface area contributed by atoms with Gasteiger partial charge in [-0.15, -0.1) is 0 Å². The summed E-state index contributed by atoms with van der Waals surface area (Å²) in [4.78, 5) is 7.32. The molecule has 1 heterocycles. The van der Waals surface area contributed by atoms with Crippen LogP contribution < -0.4 is 5.73 Å². The molecule has 0 bridgehead atoms. The van der Waals surface area contributed by atoms with Crippen molar-refractivity contribution >= 4 is 5.82 Å². The van der Waals surface area contributed by atoms with E-state index in [1.165, 1.54) is 0 Å². The monoisotopic (exact) mass is 219 g/mol. The van der Waals surface area contributed by atoms with Crippen LogP contribution in [0.25, 0.3) is 0 Å². The molecule has 0 radical (unpaired) electrons. The van der Waals surface area contributed by atoms with E-state index in [1.807, 2.05) is 13.8 Å². The molecule has 0 fully saturated rings. The van der Waals surface area contributed by atoms with E-state index in [2.05, 4.69) is 9.97 Å². The van der Waals surface area contributed by atoms with Gasteiger partial charge in [0.15, 0.2) is 0 Å². The number of nitrogen functional groups attached to an aromatic ring is 1. The Morgan fingerprint density at radius 3 is 2.47 bits per heavy atom. The normalized spacial score (nSPS) is 13.9. The summed E-state index contributed by atoms with van der Waals surface area (Å²) in [6, 6.07) is 0. The zero-order valence-electron chi connectivity index (χ0n) is 8.47. The second-order valence-corrected chi connectivity index (χ2v) is 3.33. The van der Waals surface area contributed by atoms with Gasteiger partial charge in [-0.2, -0.15) is 13.2 Å². The lowest BCUT2D eigenvalue weighted by atomic mass is 10.1. The molecular weight excluding hydrogens is 207 g/mol. The maximum Gasteiger partial charge on any atom is 0.421 e. The van der Waals surface area contributed by atoms with E-state index < -0.39 is 17.6 Å². The van der Waals surface area contributed by atoms with Crippen LogP contribution in [-0.4, -0.2) is 9.97 Å². The molecule has 6 heteroatoms. The molecule has 0 saturated carbocycles. The van der Waals surface area contributed by atoms with Crippen LogP contribution in [0.15, 0.2) is 6.20 Å². The highest BCUT2D eigenvalue weighted by molar-refractivity contribution is 5.39. The van der Waals surface area contributed by atoms with Gasteiger partial charge >= 0.3 is 6.18 Å². The Kier molecular flexibility index (Phi) is 3.16. The smallest absolute Gasteiger partial charge is 0.383 e. The van der Waals surface area contributed by atoms with E-state index in [-0.39, 0.29) is 5.92 Å². The van der Waals surface area contributed by atoms with Crippen LogP contribution in [0.2, 0.25) is 0 Å². The number of anilines is 1. The molecule has 1 aromatic heterocycles. The van der Waals surface area contributed by atoms with Crippen molar-refractivity contribution < 1.29 is 13.2 Å². The lowest BCUT2D eigenvalue weighted by Gasteiger charge is -2.11. The third-order valence-electron chi connectivity index (χ3n) is 2.20. The standard InChI is InChI=1S/C9H12F3N3/c1-3-5(2)8-14-4-6(7(13)15-8)9(10,11)12/h4-5H,3H2,1-2H3,(H2,13,14,15). The number of halogens is 3. The van der Waals surface area contributed by atoms with Crippen molar-refractivity contribution in [1.29, 1.82) is 0 Å². The van der Waals surface area contributed by atoms with Crippen molar-refractivity contribution in [3.05, 3.63) is 17.6 Å². The van der Waals surface area contributed by atoms with E-state index >= 15 is 0 Å². The van der Waals surface area contributed by atoms with Crippen LogP contribution in [0, 0.1) is 0 Å². The van der Waals surface area contributed by atoms with Crippen molar-refractivity contribution in [2.45, 2.75) is 32.4 Å². The van der Waals surface area contributed by atoms with Gasteiger partial charge in [0.1, 0.15) is 17.2 Å². The Bertz CT molecular complexity index is 349. The van der Waals surface area contributed by atoms with E-state index in [1.54, 1.807) is 0 Å². The minimum atomic E-state index is -4.49. The zero-order valence-corrected chi connectivity index (χ0v) is 8.47. The van der Waals surface area contributed by atoms with E-state index in [0.29, 0.717) is 5.82 Å². The molecule has 15 heavy (non-hydrogen) atoms. The van der Waals surface area contributed by atoms with Crippen LogP contribution in [0.3, 0.4) is 0 Å². The van der Waals surface area contributed by atoms with Crippen molar-refractivity contribution in [1.82, 2.24) is 9.97 Å². The first kappa shape index (κ1) is 11.7. The maximum absolute atomic E-state index is 12.3. The molecule has 2 N–H and O–H groups in total.